The van der Waals surface area contributed by atoms with Crippen LogP contribution < -0.4 is 10.2 Å². The van der Waals surface area contributed by atoms with Gasteiger partial charge in [-0.3, -0.25) is 9.59 Å². The van der Waals surface area contributed by atoms with Crippen molar-refractivity contribution >= 4 is 23.1 Å². The van der Waals surface area contributed by atoms with Crippen molar-refractivity contribution in [3.63, 3.8) is 0 Å². The summed E-state index contributed by atoms with van der Waals surface area (Å²) in [5, 5.41) is 3.67. The third-order valence-electron chi connectivity index (χ3n) is 6.04. The van der Waals surface area contributed by atoms with E-state index >= 15 is 0 Å². The number of rotatable bonds is 4. The molecular weight excluding hydrogens is 384 g/mol. The highest BCUT2D eigenvalue weighted by molar-refractivity contribution is 5.95. The van der Waals surface area contributed by atoms with Crippen LogP contribution in [-0.2, 0) is 4.79 Å². The Morgan fingerprint density at radius 3 is 2.16 bits per heavy atom. The van der Waals surface area contributed by atoms with Gasteiger partial charge in [0.05, 0.1) is 6.04 Å². The number of hydrogen-bond acceptors (Lipinski definition) is 3. The molecule has 0 saturated carbocycles. The van der Waals surface area contributed by atoms with Gasteiger partial charge in [0.1, 0.15) is 0 Å². The summed E-state index contributed by atoms with van der Waals surface area (Å²) in [6.07, 6.45) is 0.827. The molecule has 0 bridgehead atoms. The number of hydrogen-bond donors (Lipinski definition) is 1. The SMILES string of the molecule is CC(=O)c1ccc(-c2ccc3c(c2)[C@H](Nc2ccc(C)cc2)C[C@H](C)N3C(C)=O)cc1. The summed E-state index contributed by atoms with van der Waals surface area (Å²) in [6, 6.07) is 22.6. The van der Waals surface area contributed by atoms with E-state index in [0.29, 0.717) is 5.56 Å². The number of fused-ring (bicyclic) bond motifs is 1. The minimum atomic E-state index is 0.0566. The standard InChI is InChI=1S/C27H28N2O2/c1-17-5-12-24(13-6-17)28-26-15-18(2)29(20(4)31)27-14-11-23(16-25(26)27)22-9-7-21(8-10-22)19(3)30/h5-14,16,18,26,28H,15H2,1-4H3/t18-,26+/m0/s1. The zero-order valence-corrected chi connectivity index (χ0v) is 18.5. The van der Waals surface area contributed by atoms with Crippen LogP contribution in [0.4, 0.5) is 11.4 Å². The second-order valence-corrected chi connectivity index (χ2v) is 8.44. The lowest BCUT2D eigenvalue weighted by atomic mass is 9.88. The number of Topliss-reactive ketones (excluding diaryl/α,β-unsaturated/α-hetero) is 1. The van der Waals surface area contributed by atoms with Gasteiger partial charge in [0.2, 0.25) is 5.91 Å². The first kappa shape index (κ1) is 20.9. The molecule has 0 radical (unpaired) electrons. The Bertz CT molecular complexity index is 1120. The van der Waals surface area contributed by atoms with E-state index in [0.717, 1.165) is 34.5 Å². The highest BCUT2D eigenvalue weighted by Gasteiger charge is 2.32. The molecule has 4 heteroatoms. The van der Waals surface area contributed by atoms with Crippen LogP contribution in [0.15, 0.2) is 66.7 Å². The lowest BCUT2D eigenvalue weighted by Crippen LogP contribution is -2.43. The number of nitrogens with zero attached hydrogens (tertiary/aromatic N) is 1. The first-order chi connectivity index (χ1) is 14.8. The van der Waals surface area contributed by atoms with Gasteiger partial charge in [-0.1, -0.05) is 48.0 Å². The number of nitrogens with one attached hydrogen (secondary N) is 1. The van der Waals surface area contributed by atoms with Crippen molar-refractivity contribution in [2.45, 2.75) is 46.2 Å². The van der Waals surface area contributed by atoms with Gasteiger partial charge in [-0.25, -0.2) is 0 Å². The van der Waals surface area contributed by atoms with Gasteiger partial charge in [0.25, 0.3) is 0 Å². The summed E-state index contributed by atoms with van der Waals surface area (Å²) in [4.78, 5) is 25.9. The predicted molar refractivity (Wildman–Crippen MR) is 127 cm³/mol. The predicted octanol–water partition coefficient (Wildman–Crippen LogP) is 6.16. The van der Waals surface area contributed by atoms with E-state index < -0.39 is 0 Å². The van der Waals surface area contributed by atoms with Crippen LogP contribution in [-0.4, -0.2) is 17.7 Å². The van der Waals surface area contributed by atoms with Crippen LogP contribution in [0.3, 0.4) is 0 Å². The third-order valence-corrected chi connectivity index (χ3v) is 6.04. The number of benzene rings is 3. The molecule has 0 saturated heterocycles. The topological polar surface area (TPSA) is 49.4 Å². The molecule has 1 aliphatic rings. The highest BCUT2D eigenvalue weighted by atomic mass is 16.2. The van der Waals surface area contributed by atoms with Crippen LogP contribution in [0, 0.1) is 6.92 Å². The van der Waals surface area contributed by atoms with E-state index in [1.54, 1.807) is 13.8 Å². The summed E-state index contributed by atoms with van der Waals surface area (Å²) in [5.41, 5.74) is 7.19. The number of amides is 1. The van der Waals surface area contributed by atoms with E-state index in [1.807, 2.05) is 35.2 Å². The summed E-state index contributed by atoms with van der Waals surface area (Å²) in [5.74, 6) is 0.117. The quantitative estimate of drug-likeness (QED) is 0.522. The monoisotopic (exact) mass is 412 g/mol. The summed E-state index contributed by atoms with van der Waals surface area (Å²) in [6.45, 7) is 7.38. The average molecular weight is 413 g/mol. The fraction of sp³-hybridized carbons (Fsp3) is 0.259. The summed E-state index contributed by atoms with van der Waals surface area (Å²) < 4.78 is 0. The van der Waals surface area contributed by atoms with E-state index in [9.17, 15) is 9.59 Å². The molecule has 0 unspecified atom stereocenters. The number of aryl methyl sites for hydroxylation is 1. The maximum Gasteiger partial charge on any atom is 0.224 e. The highest BCUT2D eigenvalue weighted by Crippen LogP contribution is 2.41. The molecule has 0 fully saturated rings. The van der Waals surface area contributed by atoms with Crippen LogP contribution in [0.5, 0.6) is 0 Å². The Labute approximate surface area is 183 Å². The summed E-state index contributed by atoms with van der Waals surface area (Å²) in [7, 11) is 0. The molecule has 31 heavy (non-hydrogen) atoms. The number of carbonyl (C=O) groups excluding carboxylic acids is 2. The molecule has 1 amide bonds. The molecule has 0 spiro atoms. The molecule has 2 atom stereocenters. The molecule has 0 aromatic heterocycles. The van der Waals surface area contributed by atoms with Gasteiger partial charge in [0, 0.05) is 29.9 Å². The molecule has 1 N–H and O–H groups in total. The van der Waals surface area contributed by atoms with Crippen molar-refractivity contribution in [2.75, 3.05) is 10.2 Å². The molecule has 4 rings (SSSR count). The Morgan fingerprint density at radius 1 is 0.903 bits per heavy atom. The minimum absolute atomic E-state index is 0.0566. The summed E-state index contributed by atoms with van der Waals surface area (Å²) >= 11 is 0. The molecule has 0 aliphatic carbocycles. The maximum atomic E-state index is 12.4. The Morgan fingerprint density at radius 2 is 1.55 bits per heavy atom. The van der Waals surface area contributed by atoms with Crippen molar-refractivity contribution in [1.29, 1.82) is 0 Å². The van der Waals surface area contributed by atoms with Gasteiger partial charge < -0.3 is 10.2 Å². The van der Waals surface area contributed by atoms with Crippen molar-refractivity contribution in [1.82, 2.24) is 0 Å². The second kappa shape index (κ2) is 8.38. The number of anilines is 2. The molecule has 3 aromatic rings. The van der Waals surface area contributed by atoms with Crippen LogP contribution in [0.25, 0.3) is 11.1 Å². The minimum Gasteiger partial charge on any atom is -0.378 e. The lowest BCUT2D eigenvalue weighted by Gasteiger charge is -2.39. The normalized spacial score (nSPS) is 17.7. The zero-order valence-electron chi connectivity index (χ0n) is 18.5. The molecule has 1 aliphatic heterocycles. The van der Waals surface area contributed by atoms with Crippen LogP contribution in [0.2, 0.25) is 0 Å². The average Bonchev–Trinajstić information content (AvgIpc) is 2.75. The smallest absolute Gasteiger partial charge is 0.224 e. The fourth-order valence-corrected chi connectivity index (χ4v) is 4.41. The van der Waals surface area contributed by atoms with E-state index in [4.69, 9.17) is 0 Å². The lowest BCUT2D eigenvalue weighted by molar-refractivity contribution is -0.117. The molecule has 3 aromatic carbocycles. The van der Waals surface area contributed by atoms with Crippen molar-refractivity contribution < 1.29 is 9.59 Å². The Hall–Kier alpha value is -3.40. The van der Waals surface area contributed by atoms with E-state index in [1.165, 1.54) is 5.56 Å². The molecule has 1 heterocycles. The van der Waals surface area contributed by atoms with E-state index in [-0.39, 0.29) is 23.8 Å². The van der Waals surface area contributed by atoms with Crippen LogP contribution >= 0.6 is 0 Å². The van der Waals surface area contributed by atoms with Crippen LogP contribution in [0.1, 0.15) is 54.7 Å². The van der Waals surface area contributed by atoms with Gasteiger partial charge in [0.15, 0.2) is 5.78 Å². The van der Waals surface area contributed by atoms with Crippen molar-refractivity contribution in [2.24, 2.45) is 0 Å². The molecule has 158 valence electrons. The largest absolute Gasteiger partial charge is 0.378 e. The fourth-order valence-electron chi connectivity index (χ4n) is 4.41. The molecule has 4 nitrogen and oxygen atoms in total. The molecular formula is C27H28N2O2. The maximum absolute atomic E-state index is 12.4. The second-order valence-electron chi connectivity index (χ2n) is 8.44. The first-order valence-electron chi connectivity index (χ1n) is 10.7. The van der Waals surface area contributed by atoms with Crippen molar-refractivity contribution in [3.05, 3.63) is 83.4 Å². The van der Waals surface area contributed by atoms with Gasteiger partial charge in [-0.2, -0.15) is 0 Å². The zero-order chi connectivity index (χ0) is 22.1. The Kier molecular flexibility index (Phi) is 5.64. The van der Waals surface area contributed by atoms with Gasteiger partial charge in [-0.15, -0.1) is 0 Å². The number of carbonyl (C=O) groups is 2. The third kappa shape index (κ3) is 4.24. The van der Waals surface area contributed by atoms with Gasteiger partial charge in [-0.05, 0) is 68.1 Å². The van der Waals surface area contributed by atoms with Crippen molar-refractivity contribution in [3.8, 4) is 11.1 Å². The van der Waals surface area contributed by atoms with Gasteiger partial charge >= 0.3 is 0 Å². The Balaban J connectivity index is 1.75. The first-order valence-corrected chi connectivity index (χ1v) is 10.7. The van der Waals surface area contributed by atoms with E-state index in [2.05, 4.69) is 55.6 Å². The number of ketones is 1.